The summed E-state index contributed by atoms with van der Waals surface area (Å²) in [5, 5.41) is 0. The summed E-state index contributed by atoms with van der Waals surface area (Å²) < 4.78 is 98.7. The fraction of sp³-hybridized carbons (Fsp3) is 0.517. The van der Waals surface area contributed by atoms with E-state index in [0.717, 1.165) is 32.1 Å². The van der Waals surface area contributed by atoms with Gasteiger partial charge in [0.15, 0.2) is 0 Å². The Hall–Kier alpha value is -2.44. The Morgan fingerprint density at radius 3 is 1.92 bits per heavy atom. The van der Waals surface area contributed by atoms with Gasteiger partial charge in [0.1, 0.15) is 5.75 Å². The monoisotopic (exact) mass is 504 g/mol. The smallest absolute Gasteiger partial charge is 0.380 e. The van der Waals surface area contributed by atoms with Gasteiger partial charge >= 0.3 is 17.8 Å². The van der Waals surface area contributed by atoms with Gasteiger partial charge in [-0.3, -0.25) is 0 Å². The summed E-state index contributed by atoms with van der Waals surface area (Å²) in [6.45, 7) is 0. The van der Waals surface area contributed by atoms with E-state index in [1.807, 2.05) is 0 Å². The number of hydrogen-bond acceptors (Lipinski definition) is 1. The quantitative estimate of drug-likeness (QED) is 0.379. The predicted octanol–water partition coefficient (Wildman–Crippen LogP) is 7.86. The molecule has 4 saturated carbocycles. The molecule has 1 nitrogen and oxygen atoms in total. The van der Waals surface area contributed by atoms with Gasteiger partial charge in [-0.05, 0) is 73.0 Å². The molecule has 1 atom stereocenters. The summed E-state index contributed by atoms with van der Waals surface area (Å²) in [6.07, 6.45) is 4.24. The van der Waals surface area contributed by atoms with E-state index in [9.17, 15) is 0 Å². The molecule has 7 heteroatoms. The zero-order valence-electron chi connectivity index (χ0n) is 19.7. The molecule has 0 radical (unpaired) electrons. The SMILES string of the molecule is COc1cccc2c1C1(C3CC4CC(C3)CC1C4)C(c1ccccc1)C1=C2C(F)(F)C(F)(F)C1(F)F. The van der Waals surface area contributed by atoms with Gasteiger partial charge in [0.05, 0.1) is 7.11 Å². The fourth-order valence-corrected chi connectivity index (χ4v) is 9.16. The van der Waals surface area contributed by atoms with Crippen LogP contribution in [0.25, 0.3) is 5.57 Å². The molecule has 6 aliphatic rings. The van der Waals surface area contributed by atoms with Crippen LogP contribution in [0.1, 0.15) is 54.7 Å². The lowest BCUT2D eigenvalue weighted by Gasteiger charge is -2.66. The van der Waals surface area contributed by atoms with Crippen LogP contribution >= 0.6 is 0 Å². The maximum absolute atomic E-state index is 15.8. The summed E-state index contributed by atoms with van der Waals surface area (Å²) >= 11 is 0. The van der Waals surface area contributed by atoms with Crippen molar-refractivity contribution < 1.29 is 31.1 Å². The molecule has 36 heavy (non-hydrogen) atoms. The second-order valence-corrected chi connectivity index (χ2v) is 11.5. The zero-order valence-corrected chi connectivity index (χ0v) is 19.7. The molecule has 6 aliphatic carbocycles. The van der Waals surface area contributed by atoms with Crippen LogP contribution in [-0.4, -0.2) is 24.9 Å². The zero-order chi connectivity index (χ0) is 25.3. The minimum atomic E-state index is -5.53. The maximum Gasteiger partial charge on any atom is 0.380 e. The second-order valence-electron chi connectivity index (χ2n) is 11.5. The Balaban J connectivity index is 1.65. The van der Waals surface area contributed by atoms with Crippen LogP contribution in [0.15, 0.2) is 54.1 Å². The van der Waals surface area contributed by atoms with Crippen molar-refractivity contribution in [1.29, 1.82) is 0 Å². The molecule has 0 aliphatic heterocycles. The first-order chi connectivity index (χ1) is 17.1. The summed E-state index contributed by atoms with van der Waals surface area (Å²) in [7, 11) is 1.43. The minimum absolute atomic E-state index is 0.0818. The second kappa shape index (κ2) is 6.90. The molecule has 0 N–H and O–H groups in total. The van der Waals surface area contributed by atoms with Crippen molar-refractivity contribution in [2.45, 2.75) is 61.2 Å². The number of hydrogen-bond donors (Lipinski definition) is 0. The van der Waals surface area contributed by atoms with E-state index < -0.39 is 40.2 Å². The van der Waals surface area contributed by atoms with Crippen LogP contribution in [0, 0.1) is 23.7 Å². The Bertz CT molecular complexity index is 1250. The van der Waals surface area contributed by atoms with Crippen LogP contribution in [0.3, 0.4) is 0 Å². The lowest BCUT2D eigenvalue weighted by Crippen LogP contribution is -2.60. The van der Waals surface area contributed by atoms with E-state index in [4.69, 9.17) is 4.74 Å². The van der Waals surface area contributed by atoms with E-state index in [0.29, 0.717) is 28.7 Å². The molecule has 1 unspecified atom stereocenters. The average molecular weight is 505 g/mol. The molecule has 2 aromatic carbocycles. The molecular weight excluding hydrogens is 478 g/mol. The van der Waals surface area contributed by atoms with Gasteiger partial charge in [-0.2, -0.15) is 26.3 Å². The number of fused-ring (bicyclic) bond motifs is 2. The van der Waals surface area contributed by atoms with Gasteiger partial charge in [0.25, 0.3) is 0 Å². The third-order valence-electron chi connectivity index (χ3n) is 10.0. The molecule has 1 spiro atoms. The lowest BCUT2D eigenvalue weighted by atomic mass is 9.38. The predicted molar refractivity (Wildman–Crippen MR) is 123 cm³/mol. The largest absolute Gasteiger partial charge is 0.496 e. The molecule has 0 amide bonds. The van der Waals surface area contributed by atoms with E-state index in [1.54, 1.807) is 36.4 Å². The average Bonchev–Trinajstić information content (AvgIpc) is 2.95. The van der Waals surface area contributed by atoms with Gasteiger partial charge in [-0.25, -0.2) is 0 Å². The minimum Gasteiger partial charge on any atom is -0.496 e. The standard InChI is InChI=1S/C29H26F6O/c1-36-21-9-5-8-20-23(21)26(18-11-15-10-16(13-18)14-19(26)12-15)22(17-6-3-2-4-7-17)25-24(20)27(30,31)29(34,35)28(25,32)33/h2-9,15-16,18-19,22H,10-14H2,1H3. The molecule has 0 heterocycles. The first-order valence-corrected chi connectivity index (χ1v) is 12.7. The Morgan fingerprint density at radius 2 is 1.33 bits per heavy atom. The highest BCUT2D eigenvalue weighted by molar-refractivity contribution is 5.88. The molecule has 2 aromatic rings. The summed E-state index contributed by atoms with van der Waals surface area (Å²) in [5.41, 5.74) is -2.68. The topological polar surface area (TPSA) is 9.23 Å². The number of allylic oxidation sites excluding steroid dienone is 2. The number of alkyl halides is 6. The lowest BCUT2D eigenvalue weighted by molar-refractivity contribution is -0.261. The van der Waals surface area contributed by atoms with Gasteiger partial charge in [-0.15, -0.1) is 0 Å². The Morgan fingerprint density at radius 1 is 0.722 bits per heavy atom. The van der Waals surface area contributed by atoms with E-state index in [2.05, 4.69) is 0 Å². The maximum atomic E-state index is 15.8. The van der Waals surface area contributed by atoms with Crippen molar-refractivity contribution in [2.24, 2.45) is 23.7 Å². The van der Waals surface area contributed by atoms with Crippen LogP contribution in [0.4, 0.5) is 26.3 Å². The summed E-state index contributed by atoms with van der Waals surface area (Å²) in [4.78, 5) is 0. The number of methoxy groups -OCH3 is 1. The van der Waals surface area contributed by atoms with Crippen LogP contribution in [0.5, 0.6) is 5.75 Å². The summed E-state index contributed by atoms with van der Waals surface area (Å²) in [5.74, 6) is -15.8. The molecule has 190 valence electrons. The molecule has 8 rings (SSSR count). The number of rotatable bonds is 2. The molecule has 4 fully saturated rings. The molecule has 4 bridgehead atoms. The highest BCUT2D eigenvalue weighted by atomic mass is 19.3. The number of ether oxygens (including phenoxy) is 1. The van der Waals surface area contributed by atoms with Crippen molar-refractivity contribution in [1.82, 2.24) is 0 Å². The normalized spacial score (nSPS) is 38.2. The van der Waals surface area contributed by atoms with Crippen molar-refractivity contribution >= 4 is 5.57 Å². The van der Waals surface area contributed by atoms with Crippen molar-refractivity contribution in [2.75, 3.05) is 7.11 Å². The molecule has 0 aromatic heterocycles. The summed E-state index contributed by atoms with van der Waals surface area (Å²) in [6, 6.07) is 12.7. The molecular formula is C29H26F6O. The van der Waals surface area contributed by atoms with Crippen molar-refractivity contribution in [3.8, 4) is 5.75 Å². The van der Waals surface area contributed by atoms with Crippen molar-refractivity contribution in [3.63, 3.8) is 0 Å². The number of halogens is 6. The third-order valence-corrected chi connectivity index (χ3v) is 10.0. The van der Waals surface area contributed by atoms with Gasteiger partial charge in [0.2, 0.25) is 0 Å². The fourth-order valence-electron chi connectivity index (χ4n) is 9.16. The van der Waals surface area contributed by atoms with E-state index >= 15 is 26.3 Å². The van der Waals surface area contributed by atoms with Crippen LogP contribution < -0.4 is 4.74 Å². The Kier molecular flexibility index (Phi) is 4.36. The number of benzene rings is 2. The first kappa shape index (κ1) is 22.7. The van der Waals surface area contributed by atoms with E-state index in [-0.39, 0.29) is 17.4 Å². The van der Waals surface area contributed by atoms with Crippen LogP contribution in [-0.2, 0) is 5.41 Å². The van der Waals surface area contributed by atoms with Gasteiger partial charge in [-0.1, -0.05) is 42.5 Å². The Labute approximate surface area is 205 Å². The van der Waals surface area contributed by atoms with E-state index in [1.165, 1.54) is 19.2 Å². The highest BCUT2D eigenvalue weighted by Gasteiger charge is 2.83. The highest BCUT2D eigenvalue weighted by Crippen LogP contribution is 2.77. The first-order valence-electron chi connectivity index (χ1n) is 12.7. The molecule has 0 saturated heterocycles. The van der Waals surface area contributed by atoms with Crippen molar-refractivity contribution in [3.05, 3.63) is 70.8 Å². The van der Waals surface area contributed by atoms with Gasteiger partial charge in [0, 0.05) is 28.0 Å². The third kappa shape index (κ3) is 2.37. The van der Waals surface area contributed by atoms with Crippen LogP contribution in [0.2, 0.25) is 0 Å². The van der Waals surface area contributed by atoms with Gasteiger partial charge < -0.3 is 4.74 Å².